The minimum atomic E-state index is -0.480. The first kappa shape index (κ1) is 15.7. The van der Waals surface area contributed by atoms with Crippen LogP contribution in [-0.2, 0) is 4.74 Å². The van der Waals surface area contributed by atoms with Gasteiger partial charge in [0.05, 0.1) is 11.3 Å². The lowest BCUT2D eigenvalue weighted by atomic mass is 10.2. The summed E-state index contributed by atoms with van der Waals surface area (Å²) in [6.45, 7) is 5.97. The van der Waals surface area contributed by atoms with E-state index in [1.807, 2.05) is 39.0 Å². The predicted octanol–water partition coefficient (Wildman–Crippen LogP) is 2.88. The Morgan fingerprint density at radius 3 is 2.80 bits per heavy atom. The van der Waals surface area contributed by atoms with Crippen LogP contribution in [0.3, 0.4) is 0 Å². The zero-order valence-corrected chi connectivity index (χ0v) is 12.0. The normalized spacial score (nSPS) is 11.1. The summed E-state index contributed by atoms with van der Waals surface area (Å²) in [6, 6.07) is 5.50. The molecule has 0 aromatic carbocycles. The summed E-state index contributed by atoms with van der Waals surface area (Å²) in [6.07, 6.45) is 5.55. The number of hydrogen-bond acceptors (Lipinski definition) is 4. The van der Waals surface area contributed by atoms with Gasteiger partial charge in [-0.1, -0.05) is 6.08 Å². The molecular weight excluding hydrogens is 254 g/mol. The van der Waals surface area contributed by atoms with Gasteiger partial charge >= 0.3 is 6.09 Å². The molecule has 1 aromatic rings. The third-order valence-corrected chi connectivity index (χ3v) is 2.18. The monoisotopic (exact) mass is 273 g/mol. The van der Waals surface area contributed by atoms with E-state index in [2.05, 4.69) is 10.3 Å². The molecule has 0 bridgehead atoms. The summed E-state index contributed by atoms with van der Waals surface area (Å²) in [5.74, 6) is 0. The molecule has 0 aliphatic heterocycles. The van der Waals surface area contributed by atoms with Gasteiger partial charge in [-0.3, -0.25) is 4.98 Å². The van der Waals surface area contributed by atoms with E-state index in [0.29, 0.717) is 18.5 Å². The van der Waals surface area contributed by atoms with E-state index in [1.165, 1.54) is 6.20 Å². The summed E-state index contributed by atoms with van der Waals surface area (Å²) in [4.78, 5) is 15.5. The van der Waals surface area contributed by atoms with Gasteiger partial charge in [-0.2, -0.15) is 5.26 Å². The minimum Gasteiger partial charge on any atom is -0.444 e. The SMILES string of the molecule is CC(C)(C)OC(=O)NCCC=Cc1ccc(C#N)cn1. The van der Waals surface area contributed by atoms with Crippen molar-refractivity contribution in [1.82, 2.24) is 10.3 Å². The van der Waals surface area contributed by atoms with Crippen LogP contribution in [0.2, 0.25) is 0 Å². The number of carbonyl (C=O) groups excluding carboxylic acids is 1. The molecule has 0 radical (unpaired) electrons. The van der Waals surface area contributed by atoms with Crippen molar-refractivity contribution in [2.24, 2.45) is 0 Å². The molecule has 5 heteroatoms. The molecule has 106 valence electrons. The van der Waals surface area contributed by atoms with Crippen molar-refractivity contribution in [2.45, 2.75) is 32.8 Å². The third-order valence-electron chi connectivity index (χ3n) is 2.18. The lowest BCUT2D eigenvalue weighted by Gasteiger charge is -2.19. The Balaban J connectivity index is 2.28. The molecule has 0 unspecified atom stereocenters. The minimum absolute atomic E-state index is 0.414. The fourth-order valence-corrected chi connectivity index (χ4v) is 1.35. The molecule has 1 aromatic heterocycles. The van der Waals surface area contributed by atoms with Gasteiger partial charge in [-0.15, -0.1) is 0 Å². The van der Waals surface area contributed by atoms with E-state index in [9.17, 15) is 4.79 Å². The largest absolute Gasteiger partial charge is 0.444 e. The topological polar surface area (TPSA) is 75.0 Å². The first-order valence-electron chi connectivity index (χ1n) is 6.40. The number of aromatic nitrogens is 1. The molecule has 0 saturated carbocycles. The first-order valence-corrected chi connectivity index (χ1v) is 6.40. The molecule has 20 heavy (non-hydrogen) atoms. The zero-order chi connectivity index (χ0) is 15.0. The van der Waals surface area contributed by atoms with Crippen LogP contribution in [0.15, 0.2) is 24.4 Å². The maximum atomic E-state index is 11.4. The average molecular weight is 273 g/mol. The number of amides is 1. The zero-order valence-electron chi connectivity index (χ0n) is 12.0. The first-order chi connectivity index (χ1) is 9.40. The Bertz CT molecular complexity index is 507. The molecule has 0 spiro atoms. The Morgan fingerprint density at radius 2 is 2.25 bits per heavy atom. The number of nitrogens with zero attached hydrogens (tertiary/aromatic N) is 2. The van der Waals surface area contributed by atoms with Gasteiger partial charge in [0, 0.05) is 12.7 Å². The van der Waals surface area contributed by atoms with E-state index >= 15 is 0 Å². The Morgan fingerprint density at radius 1 is 1.50 bits per heavy atom. The van der Waals surface area contributed by atoms with E-state index < -0.39 is 11.7 Å². The number of pyridine rings is 1. The van der Waals surface area contributed by atoms with Gasteiger partial charge < -0.3 is 10.1 Å². The van der Waals surface area contributed by atoms with Crippen LogP contribution < -0.4 is 5.32 Å². The Hall–Kier alpha value is -2.35. The Labute approximate surface area is 119 Å². The van der Waals surface area contributed by atoms with Gasteiger partial charge in [0.1, 0.15) is 11.7 Å². The number of carbonyl (C=O) groups is 1. The highest BCUT2D eigenvalue weighted by atomic mass is 16.6. The molecular formula is C15H19N3O2. The van der Waals surface area contributed by atoms with Crippen LogP contribution in [0.1, 0.15) is 38.4 Å². The van der Waals surface area contributed by atoms with Crippen LogP contribution >= 0.6 is 0 Å². The molecule has 0 atom stereocenters. The van der Waals surface area contributed by atoms with E-state index in [4.69, 9.17) is 10.00 Å². The molecule has 1 rings (SSSR count). The van der Waals surface area contributed by atoms with E-state index in [-0.39, 0.29) is 0 Å². The van der Waals surface area contributed by atoms with Crippen molar-refractivity contribution in [3.8, 4) is 6.07 Å². The highest BCUT2D eigenvalue weighted by molar-refractivity contribution is 5.67. The van der Waals surface area contributed by atoms with E-state index in [1.54, 1.807) is 12.1 Å². The number of rotatable bonds is 4. The van der Waals surface area contributed by atoms with Crippen molar-refractivity contribution in [1.29, 1.82) is 5.26 Å². The molecule has 5 nitrogen and oxygen atoms in total. The maximum absolute atomic E-state index is 11.4. The van der Waals surface area contributed by atoms with Crippen molar-refractivity contribution in [2.75, 3.05) is 6.54 Å². The van der Waals surface area contributed by atoms with Crippen LogP contribution in [0, 0.1) is 11.3 Å². The van der Waals surface area contributed by atoms with Crippen LogP contribution in [0.4, 0.5) is 4.79 Å². The molecule has 0 fully saturated rings. The van der Waals surface area contributed by atoms with Gasteiger partial charge in [0.15, 0.2) is 0 Å². The van der Waals surface area contributed by atoms with Crippen LogP contribution in [-0.4, -0.2) is 23.2 Å². The highest BCUT2D eigenvalue weighted by Gasteiger charge is 2.15. The van der Waals surface area contributed by atoms with Gasteiger partial charge in [0.2, 0.25) is 0 Å². The average Bonchev–Trinajstić information content (AvgIpc) is 2.37. The number of hydrogen-bond donors (Lipinski definition) is 1. The molecule has 1 amide bonds. The standard InChI is InChI=1S/C15H19N3O2/c1-15(2,3)20-14(19)17-9-5-4-6-13-8-7-12(10-16)11-18-13/h4,6-8,11H,5,9H2,1-3H3,(H,17,19). The summed E-state index contributed by atoms with van der Waals surface area (Å²) in [5, 5.41) is 11.3. The number of ether oxygens (including phenoxy) is 1. The summed E-state index contributed by atoms with van der Waals surface area (Å²) < 4.78 is 5.11. The Kier molecular flexibility index (Phi) is 5.73. The molecule has 1 heterocycles. The molecule has 1 N–H and O–H groups in total. The molecule has 0 aliphatic rings. The van der Waals surface area contributed by atoms with Crippen molar-refractivity contribution in [3.05, 3.63) is 35.7 Å². The van der Waals surface area contributed by atoms with Crippen molar-refractivity contribution >= 4 is 12.2 Å². The molecule has 0 saturated heterocycles. The summed E-state index contributed by atoms with van der Waals surface area (Å²) in [5.41, 5.74) is 0.835. The predicted molar refractivity (Wildman–Crippen MR) is 76.8 cm³/mol. The fourth-order valence-electron chi connectivity index (χ4n) is 1.35. The summed E-state index contributed by atoms with van der Waals surface area (Å²) in [7, 11) is 0. The molecule has 0 aliphatic carbocycles. The second-order valence-corrected chi connectivity index (χ2v) is 5.20. The van der Waals surface area contributed by atoms with Crippen LogP contribution in [0.25, 0.3) is 6.08 Å². The number of alkyl carbamates (subject to hydrolysis) is 1. The number of nitriles is 1. The lowest BCUT2D eigenvalue weighted by molar-refractivity contribution is 0.0529. The van der Waals surface area contributed by atoms with Gasteiger partial charge in [-0.25, -0.2) is 4.79 Å². The second kappa shape index (κ2) is 7.29. The fraction of sp³-hybridized carbons (Fsp3) is 0.400. The second-order valence-electron chi connectivity index (χ2n) is 5.20. The van der Waals surface area contributed by atoms with E-state index in [0.717, 1.165) is 5.69 Å². The summed E-state index contributed by atoms with van der Waals surface area (Å²) >= 11 is 0. The maximum Gasteiger partial charge on any atom is 0.407 e. The highest BCUT2D eigenvalue weighted by Crippen LogP contribution is 2.06. The smallest absolute Gasteiger partial charge is 0.407 e. The van der Waals surface area contributed by atoms with Gasteiger partial charge in [-0.05, 0) is 45.4 Å². The van der Waals surface area contributed by atoms with Crippen molar-refractivity contribution < 1.29 is 9.53 Å². The third kappa shape index (κ3) is 6.55. The van der Waals surface area contributed by atoms with Crippen molar-refractivity contribution in [3.63, 3.8) is 0 Å². The quantitative estimate of drug-likeness (QED) is 0.856. The lowest BCUT2D eigenvalue weighted by Crippen LogP contribution is -2.32. The number of nitrogens with one attached hydrogen (secondary N) is 1. The van der Waals surface area contributed by atoms with Crippen LogP contribution in [0.5, 0.6) is 0 Å². The van der Waals surface area contributed by atoms with Gasteiger partial charge in [0.25, 0.3) is 0 Å².